The van der Waals surface area contributed by atoms with Crippen molar-refractivity contribution in [1.82, 2.24) is 14.3 Å². The molecule has 1 N–H and O–H groups in total. The Morgan fingerprint density at radius 3 is 2.50 bits per heavy atom. The molecule has 3 aromatic carbocycles. The van der Waals surface area contributed by atoms with Gasteiger partial charge in [-0.3, -0.25) is 9.59 Å². The molecule has 0 aliphatic heterocycles. The van der Waals surface area contributed by atoms with Crippen molar-refractivity contribution in [2.45, 2.75) is 6.92 Å². The highest BCUT2D eigenvalue weighted by atomic mass is 35.5. The first-order valence-corrected chi connectivity index (χ1v) is 11.0. The lowest BCUT2D eigenvalue weighted by Crippen LogP contribution is -2.27. The fourth-order valence-corrected chi connectivity index (χ4v) is 4.42. The lowest BCUT2D eigenvalue weighted by Gasteiger charge is -2.12. The Hall–Kier alpha value is -4.10. The van der Waals surface area contributed by atoms with E-state index in [9.17, 15) is 9.59 Å². The standard InChI is InChI=1S/C26H21ClN4O3/c1-15-8-13-20(19(27)14-15)28-25(32)23-22-18-6-4-5-7-21(18)30(2)24(22)26(33)31(29-23)16-9-11-17(34-3)12-10-16/h4-14H,1-3H3,(H,28,32). The number of aryl methyl sites for hydroxylation is 2. The Kier molecular flexibility index (Phi) is 5.34. The zero-order valence-electron chi connectivity index (χ0n) is 18.8. The monoisotopic (exact) mass is 472 g/mol. The van der Waals surface area contributed by atoms with Gasteiger partial charge in [-0.1, -0.05) is 35.9 Å². The Bertz CT molecular complexity index is 1630. The van der Waals surface area contributed by atoms with Crippen molar-refractivity contribution < 1.29 is 9.53 Å². The molecule has 0 fully saturated rings. The van der Waals surface area contributed by atoms with Gasteiger partial charge in [0.05, 0.1) is 23.5 Å². The van der Waals surface area contributed by atoms with Crippen LogP contribution >= 0.6 is 11.6 Å². The maximum atomic E-state index is 13.6. The normalized spacial score (nSPS) is 11.2. The molecule has 0 saturated carbocycles. The van der Waals surface area contributed by atoms with Crippen LogP contribution in [0.5, 0.6) is 5.75 Å². The number of ether oxygens (including phenoxy) is 1. The van der Waals surface area contributed by atoms with Crippen LogP contribution in [-0.4, -0.2) is 27.4 Å². The van der Waals surface area contributed by atoms with E-state index >= 15 is 0 Å². The van der Waals surface area contributed by atoms with E-state index in [1.165, 1.54) is 4.68 Å². The number of benzene rings is 3. The molecule has 0 atom stereocenters. The quantitative estimate of drug-likeness (QED) is 0.394. The maximum absolute atomic E-state index is 13.6. The highest BCUT2D eigenvalue weighted by Gasteiger charge is 2.24. The summed E-state index contributed by atoms with van der Waals surface area (Å²) >= 11 is 6.35. The summed E-state index contributed by atoms with van der Waals surface area (Å²) in [5.41, 5.74) is 2.96. The van der Waals surface area contributed by atoms with E-state index in [-0.39, 0.29) is 11.3 Å². The minimum Gasteiger partial charge on any atom is -0.497 e. The van der Waals surface area contributed by atoms with Crippen LogP contribution in [0, 0.1) is 6.92 Å². The Labute approximate surface area is 200 Å². The van der Waals surface area contributed by atoms with Crippen LogP contribution in [0.1, 0.15) is 16.1 Å². The number of hydrogen-bond acceptors (Lipinski definition) is 4. The fraction of sp³-hybridized carbons (Fsp3) is 0.115. The number of nitrogens with one attached hydrogen (secondary N) is 1. The van der Waals surface area contributed by atoms with Gasteiger partial charge in [-0.25, -0.2) is 0 Å². The molecule has 0 spiro atoms. The smallest absolute Gasteiger partial charge is 0.296 e. The summed E-state index contributed by atoms with van der Waals surface area (Å²) < 4.78 is 8.26. The summed E-state index contributed by atoms with van der Waals surface area (Å²) in [4.78, 5) is 27.1. The van der Waals surface area contributed by atoms with Gasteiger partial charge < -0.3 is 14.6 Å². The van der Waals surface area contributed by atoms with E-state index in [2.05, 4.69) is 10.4 Å². The molecule has 8 heteroatoms. The van der Waals surface area contributed by atoms with Crippen LogP contribution in [0.4, 0.5) is 5.69 Å². The van der Waals surface area contributed by atoms with Crippen LogP contribution in [0.15, 0.2) is 71.5 Å². The second-order valence-corrected chi connectivity index (χ2v) is 8.41. The van der Waals surface area contributed by atoms with Gasteiger partial charge in [0.25, 0.3) is 11.5 Å². The van der Waals surface area contributed by atoms with Gasteiger partial charge in [-0.15, -0.1) is 0 Å². The number of fused-ring (bicyclic) bond motifs is 3. The highest BCUT2D eigenvalue weighted by molar-refractivity contribution is 6.34. The molecule has 34 heavy (non-hydrogen) atoms. The number of aromatic nitrogens is 3. The zero-order chi connectivity index (χ0) is 24.0. The molecule has 170 valence electrons. The van der Waals surface area contributed by atoms with Crippen molar-refractivity contribution in [3.63, 3.8) is 0 Å². The van der Waals surface area contributed by atoms with E-state index < -0.39 is 5.91 Å². The molecule has 5 rings (SSSR count). The first-order chi connectivity index (χ1) is 16.4. The van der Waals surface area contributed by atoms with Crippen LogP contribution in [0.3, 0.4) is 0 Å². The molecule has 2 aromatic heterocycles. The van der Waals surface area contributed by atoms with Crippen molar-refractivity contribution >= 4 is 45.0 Å². The van der Waals surface area contributed by atoms with Gasteiger partial charge in [-0.2, -0.15) is 9.78 Å². The van der Waals surface area contributed by atoms with E-state index in [0.717, 1.165) is 16.5 Å². The molecule has 5 aromatic rings. The predicted octanol–water partition coefficient (Wildman–Crippen LogP) is 5.10. The first-order valence-electron chi connectivity index (χ1n) is 10.6. The SMILES string of the molecule is COc1ccc(-n2nc(C(=O)Nc3ccc(C)cc3Cl)c3c4ccccc4n(C)c3c2=O)cc1. The van der Waals surface area contributed by atoms with Crippen LogP contribution in [0.25, 0.3) is 27.5 Å². The van der Waals surface area contributed by atoms with E-state index in [0.29, 0.717) is 33.0 Å². The maximum Gasteiger partial charge on any atom is 0.296 e. The van der Waals surface area contributed by atoms with E-state index in [1.54, 1.807) is 48.1 Å². The second kappa shape index (κ2) is 8.35. The molecule has 0 bridgehead atoms. The number of para-hydroxylation sites is 1. The van der Waals surface area contributed by atoms with Gasteiger partial charge >= 0.3 is 0 Å². The van der Waals surface area contributed by atoms with Gasteiger partial charge in [0, 0.05) is 23.3 Å². The molecule has 1 amide bonds. The average Bonchev–Trinajstić information content (AvgIpc) is 3.14. The summed E-state index contributed by atoms with van der Waals surface area (Å²) in [5.74, 6) is 0.184. The lowest BCUT2D eigenvalue weighted by atomic mass is 10.1. The van der Waals surface area contributed by atoms with Crippen molar-refractivity contribution in [3.05, 3.63) is 93.4 Å². The van der Waals surface area contributed by atoms with Crippen molar-refractivity contribution in [1.29, 1.82) is 0 Å². The summed E-state index contributed by atoms with van der Waals surface area (Å²) in [5, 5.41) is 9.07. The summed E-state index contributed by atoms with van der Waals surface area (Å²) in [6.07, 6.45) is 0. The number of anilines is 1. The first kappa shape index (κ1) is 21.7. The zero-order valence-corrected chi connectivity index (χ0v) is 19.6. The second-order valence-electron chi connectivity index (χ2n) is 8.00. The molecular weight excluding hydrogens is 452 g/mol. The minimum absolute atomic E-state index is 0.124. The van der Waals surface area contributed by atoms with Crippen molar-refractivity contribution in [2.24, 2.45) is 7.05 Å². The van der Waals surface area contributed by atoms with Crippen molar-refractivity contribution in [2.75, 3.05) is 12.4 Å². The Morgan fingerprint density at radius 2 is 1.79 bits per heavy atom. The summed E-state index contributed by atoms with van der Waals surface area (Å²) in [6, 6.07) is 19.9. The van der Waals surface area contributed by atoms with Gasteiger partial charge in [-0.05, 0) is 55.0 Å². The number of amides is 1. The van der Waals surface area contributed by atoms with E-state index in [4.69, 9.17) is 16.3 Å². The van der Waals surface area contributed by atoms with Crippen LogP contribution in [-0.2, 0) is 7.05 Å². The Morgan fingerprint density at radius 1 is 1.06 bits per heavy atom. The van der Waals surface area contributed by atoms with Crippen molar-refractivity contribution in [3.8, 4) is 11.4 Å². The fourth-order valence-electron chi connectivity index (χ4n) is 4.14. The number of carbonyl (C=O) groups excluding carboxylic acids is 1. The molecule has 0 aliphatic carbocycles. The topological polar surface area (TPSA) is 78.2 Å². The molecule has 0 radical (unpaired) electrons. The third-order valence-corrected chi connectivity index (χ3v) is 6.16. The lowest BCUT2D eigenvalue weighted by molar-refractivity contribution is 0.102. The number of hydrogen-bond donors (Lipinski definition) is 1. The minimum atomic E-state index is -0.464. The third-order valence-electron chi connectivity index (χ3n) is 5.84. The predicted molar refractivity (Wildman–Crippen MR) is 135 cm³/mol. The number of carbonyl (C=O) groups is 1. The molecular formula is C26H21ClN4O3. The highest BCUT2D eigenvalue weighted by Crippen LogP contribution is 2.30. The molecule has 7 nitrogen and oxygen atoms in total. The summed E-state index contributed by atoms with van der Waals surface area (Å²) in [7, 11) is 3.38. The van der Waals surface area contributed by atoms with Crippen LogP contribution < -0.4 is 15.6 Å². The van der Waals surface area contributed by atoms with E-state index in [1.807, 2.05) is 44.3 Å². The van der Waals surface area contributed by atoms with Gasteiger partial charge in [0.1, 0.15) is 11.3 Å². The molecule has 2 heterocycles. The third kappa shape index (κ3) is 3.50. The van der Waals surface area contributed by atoms with Crippen LogP contribution in [0.2, 0.25) is 5.02 Å². The number of methoxy groups -OCH3 is 1. The molecule has 0 aliphatic rings. The van der Waals surface area contributed by atoms with Gasteiger partial charge in [0.2, 0.25) is 0 Å². The van der Waals surface area contributed by atoms with Gasteiger partial charge in [0.15, 0.2) is 5.69 Å². The number of rotatable bonds is 4. The number of nitrogens with zero attached hydrogens (tertiary/aromatic N) is 3. The number of halogens is 1. The summed E-state index contributed by atoms with van der Waals surface area (Å²) in [6.45, 7) is 1.92. The Balaban J connectivity index is 1.78. The molecule has 0 saturated heterocycles. The average molecular weight is 473 g/mol. The molecule has 0 unspecified atom stereocenters. The largest absolute Gasteiger partial charge is 0.497 e.